The van der Waals surface area contributed by atoms with E-state index in [1.54, 1.807) is 6.92 Å². The maximum Gasteiger partial charge on any atom is 0.274 e. The van der Waals surface area contributed by atoms with Gasteiger partial charge in [0.25, 0.3) is 5.91 Å². The number of nitrogens with one attached hydrogen (secondary N) is 1. The van der Waals surface area contributed by atoms with Crippen LogP contribution in [0.5, 0.6) is 0 Å². The third kappa shape index (κ3) is 3.44. The predicted molar refractivity (Wildman–Crippen MR) is 101 cm³/mol. The zero-order valence-corrected chi connectivity index (χ0v) is 16.2. The Morgan fingerprint density at radius 1 is 1.27 bits per heavy atom. The van der Waals surface area contributed by atoms with E-state index in [2.05, 4.69) is 5.32 Å². The van der Waals surface area contributed by atoms with Crippen molar-refractivity contribution in [2.45, 2.75) is 32.4 Å². The third-order valence-corrected chi connectivity index (χ3v) is 5.46. The number of allylic oxidation sites excluding steroid dienone is 1. The van der Waals surface area contributed by atoms with Gasteiger partial charge in [0, 0.05) is 43.4 Å². The number of amides is 2. The number of hydrogen-bond donors (Lipinski definition) is 2. The van der Waals surface area contributed by atoms with Crippen LogP contribution in [0.4, 0.5) is 13.2 Å². The highest BCUT2D eigenvalue weighted by Gasteiger charge is 2.42. The summed E-state index contributed by atoms with van der Waals surface area (Å²) in [6.45, 7) is 1.60. The molecule has 1 atom stereocenters. The lowest BCUT2D eigenvalue weighted by molar-refractivity contribution is -0.132. The maximum absolute atomic E-state index is 14.5. The number of fused-ring (bicyclic) bond motifs is 4. The Morgan fingerprint density at radius 2 is 1.97 bits per heavy atom. The van der Waals surface area contributed by atoms with Crippen LogP contribution in [0.2, 0.25) is 0 Å². The topological polar surface area (TPSA) is 72.9 Å². The first-order valence-electron chi connectivity index (χ1n) is 9.55. The monoisotopic (exact) mass is 419 g/mol. The zero-order chi connectivity index (χ0) is 21.6. The fourth-order valence-electron chi connectivity index (χ4n) is 3.93. The second-order valence-electron chi connectivity index (χ2n) is 7.57. The van der Waals surface area contributed by atoms with Crippen molar-refractivity contribution in [3.8, 4) is 0 Å². The summed E-state index contributed by atoms with van der Waals surface area (Å²) in [6, 6.07) is 1.49. The molecule has 0 unspecified atom stereocenters. The number of halogens is 3. The molecule has 2 N–H and O–H groups in total. The van der Waals surface area contributed by atoms with Crippen molar-refractivity contribution in [3.05, 3.63) is 70.0 Å². The van der Waals surface area contributed by atoms with Gasteiger partial charge in [-0.3, -0.25) is 9.59 Å². The van der Waals surface area contributed by atoms with E-state index in [1.165, 1.54) is 22.1 Å². The fourth-order valence-corrected chi connectivity index (χ4v) is 3.93. The molecule has 3 aliphatic rings. The van der Waals surface area contributed by atoms with Crippen molar-refractivity contribution in [2.24, 2.45) is 0 Å². The number of aliphatic hydroxyl groups is 1. The Hall–Kier alpha value is -3.23. The molecular formula is C21H20F3N3O3. The minimum Gasteiger partial charge on any atom is -0.510 e. The molecule has 3 heterocycles. The molecule has 2 amide bonds. The number of rotatable bonds is 3. The van der Waals surface area contributed by atoms with Crippen LogP contribution in [0, 0.1) is 18.6 Å². The SMILES string of the molecule is Cc1cc(F)c(CNC(=O)C2=CN3C(=C(O)C2)C(=O)N2CCC=C(F)[C@H]3C2)c(F)c1. The third-order valence-electron chi connectivity index (χ3n) is 5.46. The average molecular weight is 419 g/mol. The first kappa shape index (κ1) is 20.1. The quantitative estimate of drug-likeness (QED) is 0.790. The summed E-state index contributed by atoms with van der Waals surface area (Å²) in [4.78, 5) is 28.0. The molecule has 30 heavy (non-hydrogen) atoms. The Bertz CT molecular complexity index is 1010. The van der Waals surface area contributed by atoms with E-state index in [0.29, 0.717) is 18.5 Å². The molecule has 2 bridgehead atoms. The smallest absolute Gasteiger partial charge is 0.274 e. The molecule has 6 nitrogen and oxygen atoms in total. The van der Waals surface area contributed by atoms with E-state index >= 15 is 0 Å². The number of aliphatic hydroxyl groups excluding tert-OH is 1. The number of benzene rings is 1. The van der Waals surface area contributed by atoms with Gasteiger partial charge in [-0.15, -0.1) is 0 Å². The standard InChI is InChI=1S/C21H20F3N3O3/c1-11-5-15(23)13(16(24)6-11)8-25-20(29)12-7-18(28)19-21(30)26-4-2-3-14(22)17(10-26)27(19)9-12/h3,5-6,9,17,28H,2,4,7-8,10H2,1H3,(H,25,29)/t17-/m1/s1. The van der Waals surface area contributed by atoms with Crippen LogP contribution in [-0.2, 0) is 16.1 Å². The van der Waals surface area contributed by atoms with Gasteiger partial charge >= 0.3 is 0 Å². The molecule has 3 aliphatic heterocycles. The van der Waals surface area contributed by atoms with Crippen molar-refractivity contribution in [1.29, 1.82) is 0 Å². The summed E-state index contributed by atoms with van der Waals surface area (Å²) in [7, 11) is 0. The van der Waals surface area contributed by atoms with Gasteiger partial charge in [0.2, 0.25) is 5.91 Å². The summed E-state index contributed by atoms with van der Waals surface area (Å²) in [5, 5.41) is 12.9. The Balaban J connectivity index is 1.57. The van der Waals surface area contributed by atoms with Crippen LogP contribution in [-0.4, -0.2) is 45.9 Å². The minimum atomic E-state index is -0.836. The van der Waals surface area contributed by atoms with E-state index in [9.17, 15) is 27.9 Å². The van der Waals surface area contributed by atoms with Crippen LogP contribution in [0.15, 0.2) is 47.3 Å². The number of hydrogen-bond acceptors (Lipinski definition) is 4. The van der Waals surface area contributed by atoms with Crippen LogP contribution >= 0.6 is 0 Å². The summed E-state index contributed by atoms with van der Waals surface area (Å²) in [6.07, 6.45) is 2.84. The lowest BCUT2D eigenvalue weighted by Gasteiger charge is -2.42. The van der Waals surface area contributed by atoms with Gasteiger partial charge in [0.05, 0.1) is 0 Å². The molecule has 0 radical (unpaired) electrons. The van der Waals surface area contributed by atoms with Crippen molar-refractivity contribution in [2.75, 3.05) is 13.1 Å². The lowest BCUT2D eigenvalue weighted by atomic mass is 10.00. The highest BCUT2D eigenvalue weighted by Crippen LogP contribution is 2.35. The summed E-state index contributed by atoms with van der Waals surface area (Å²) in [5.41, 5.74) is 0.138. The summed E-state index contributed by atoms with van der Waals surface area (Å²) >= 11 is 0. The van der Waals surface area contributed by atoms with Crippen LogP contribution in [0.25, 0.3) is 0 Å². The van der Waals surface area contributed by atoms with Gasteiger partial charge in [-0.1, -0.05) is 0 Å². The van der Waals surface area contributed by atoms with Crippen molar-refractivity contribution in [1.82, 2.24) is 15.1 Å². The lowest BCUT2D eigenvalue weighted by Crippen LogP contribution is -2.54. The predicted octanol–water partition coefficient (Wildman–Crippen LogP) is 2.72. The highest BCUT2D eigenvalue weighted by atomic mass is 19.1. The normalized spacial score (nSPS) is 21.1. The Morgan fingerprint density at radius 3 is 2.67 bits per heavy atom. The van der Waals surface area contributed by atoms with Crippen molar-refractivity contribution in [3.63, 3.8) is 0 Å². The van der Waals surface area contributed by atoms with E-state index in [-0.39, 0.29) is 35.6 Å². The van der Waals surface area contributed by atoms with Gasteiger partial charge in [-0.05, 0) is 37.1 Å². The largest absolute Gasteiger partial charge is 0.510 e. The molecule has 0 spiro atoms. The molecule has 158 valence electrons. The fraction of sp³-hybridized carbons (Fsp3) is 0.333. The van der Waals surface area contributed by atoms with Crippen LogP contribution < -0.4 is 5.32 Å². The number of nitrogens with zero attached hydrogens (tertiary/aromatic N) is 2. The van der Waals surface area contributed by atoms with E-state index < -0.39 is 41.9 Å². The van der Waals surface area contributed by atoms with Crippen molar-refractivity contribution >= 4 is 11.8 Å². The van der Waals surface area contributed by atoms with Gasteiger partial charge in [-0.25, -0.2) is 13.2 Å². The van der Waals surface area contributed by atoms with Gasteiger partial charge in [-0.2, -0.15) is 0 Å². The van der Waals surface area contributed by atoms with Crippen LogP contribution in [0.1, 0.15) is 24.0 Å². The Kier molecular flexibility index (Phi) is 5.05. The molecule has 0 aliphatic carbocycles. The molecule has 4 rings (SSSR count). The first-order valence-corrected chi connectivity index (χ1v) is 9.55. The number of carbonyl (C=O) groups excluding carboxylic acids is 2. The molecule has 0 saturated carbocycles. The zero-order valence-electron chi connectivity index (χ0n) is 16.2. The molecule has 1 fully saturated rings. The second-order valence-corrected chi connectivity index (χ2v) is 7.57. The first-order chi connectivity index (χ1) is 14.3. The number of carbonyl (C=O) groups is 2. The molecule has 1 aromatic rings. The molecule has 0 aromatic heterocycles. The van der Waals surface area contributed by atoms with Gasteiger partial charge in [0.1, 0.15) is 35.0 Å². The molecular weight excluding hydrogens is 399 g/mol. The molecule has 9 heteroatoms. The van der Waals surface area contributed by atoms with E-state index in [0.717, 1.165) is 12.1 Å². The van der Waals surface area contributed by atoms with E-state index in [1.807, 2.05) is 0 Å². The van der Waals surface area contributed by atoms with Gasteiger partial charge < -0.3 is 20.2 Å². The minimum absolute atomic E-state index is 0.0520. The van der Waals surface area contributed by atoms with Crippen LogP contribution in [0.3, 0.4) is 0 Å². The molecule has 1 aromatic carbocycles. The Labute approximate surface area is 171 Å². The number of aryl methyl sites for hydroxylation is 1. The highest BCUT2D eigenvalue weighted by molar-refractivity contribution is 5.98. The summed E-state index contributed by atoms with van der Waals surface area (Å²) < 4.78 is 42.5. The average Bonchev–Trinajstić information content (AvgIpc) is 2.84. The van der Waals surface area contributed by atoms with Crippen molar-refractivity contribution < 1.29 is 27.9 Å². The van der Waals surface area contributed by atoms with E-state index in [4.69, 9.17) is 0 Å². The number of piperazine rings is 1. The van der Waals surface area contributed by atoms with Gasteiger partial charge in [0.15, 0.2) is 0 Å². The molecule has 1 saturated heterocycles. The summed E-state index contributed by atoms with van der Waals surface area (Å²) in [5.74, 6) is -3.44. The second kappa shape index (κ2) is 7.55. The maximum atomic E-state index is 14.5.